The first-order valence-corrected chi connectivity index (χ1v) is 4.30. The first-order valence-electron chi connectivity index (χ1n) is 3.50. The van der Waals surface area contributed by atoms with E-state index in [0.717, 1.165) is 0 Å². The quantitative estimate of drug-likeness (QED) is 0.692. The van der Waals surface area contributed by atoms with Crippen molar-refractivity contribution in [3.8, 4) is 0 Å². The topological polar surface area (TPSA) is 48.3 Å². The molecular weight excluding hydrogens is 238 g/mol. The Morgan fingerprint density at radius 3 is 2.77 bits per heavy atom. The second kappa shape index (κ2) is 3.74. The van der Waals surface area contributed by atoms with Crippen LogP contribution in [0.2, 0.25) is 0 Å². The molecule has 0 N–H and O–H groups in total. The summed E-state index contributed by atoms with van der Waals surface area (Å²) in [5, 5.41) is 0. The zero-order valence-corrected chi connectivity index (χ0v) is 8.79. The molecule has 0 radical (unpaired) electrons. The van der Waals surface area contributed by atoms with Crippen molar-refractivity contribution in [3.05, 3.63) is 32.7 Å². The van der Waals surface area contributed by atoms with Crippen molar-refractivity contribution in [2.45, 2.75) is 0 Å². The molecular formula is C8H8BrNO3. The average molecular weight is 246 g/mol. The third-order valence-corrected chi connectivity index (χ3v) is 2.22. The molecule has 1 rings (SSSR count). The Kier molecular flexibility index (Phi) is 2.87. The van der Waals surface area contributed by atoms with E-state index in [2.05, 4.69) is 20.7 Å². The second-order valence-electron chi connectivity index (χ2n) is 2.48. The molecule has 5 heteroatoms. The van der Waals surface area contributed by atoms with Crippen LogP contribution in [-0.4, -0.2) is 17.6 Å². The molecule has 0 saturated carbocycles. The summed E-state index contributed by atoms with van der Waals surface area (Å²) in [5.41, 5.74) is -0.00537. The van der Waals surface area contributed by atoms with Crippen LogP contribution >= 0.6 is 15.9 Å². The molecule has 0 saturated heterocycles. The smallest absolute Gasteiger partial charge is 0.339 e. The summed E-state index contributed by atoms with van der Waals surface area (Å²) in [5.74, 6) is -0.524. The molecule has 0 amide bonds. The van der Waals surface area contributed by atoms with Gasteiger partial charge in [0.1, 0.15) is 0 Å². The zero-order valence-electron chi connectivity index (χ0n) is 7.20. The maximum atomic E-state index is 11.1. The predicted octanol–water partition coefficient (Wildman–Crippen LogP) is 0.934. The Bertz CT molecular complexity index is 397. The summed E-state index contributed by atoms with van der Waals surface area (Å²) in [4.78, 5) is 22.2. The normalized spacial score (nSPS) is 9.77. The molecule has 0 aromatic carbocycles. The van der Waals surface area contributed by atoms with E-state index in [9.17, 15) is 9.59 Å². The van der Waals surface area contributed by atoms with Crippen molar-refractivity contribution >= 4 is 21.9 Å². The lowest BCUT2D eigenvalue weighted by Gasteiger charge is -2.03. The molecule has 0 bridgehead atoms. The molecule has 1 aromatic heterocycles. The van der Waals surface area contributed by atoms with Crippen molar-refractivity contribution in [1.82, 2.24) is 4.57 Å². The Morgan fingerprint density at radius 2 is 2.23 bits per heavy atom. The summed E-state index contributed by atoms with van der Waals surface area (Å²) in [6, 6.07) is 1.23. The Balaban J connectivity index is 3.32. The van der Waals surface area contributed by atoms with Gasteiger partial charge in [0.05, 0.1) is 12.7 Å². The van der Waals surface area contributed by atoms with Gasteiger partial charge in [0.25, 0.3) is 5.56 Å². The first kappa shape index (κ1) is 9.98. The monoisotopic (exact) mass is 245 g/mol. The number of aromatic nitrogens is 1. The highest BCUT2D eigenvalue weighted by molar-refractivity contribution is 9.10. The van der Waals surface area contributed by atoms with Crippen LogP contribution in [-0.2, 0) is 11.8 Å². The minimum atomic E-state index is -0.524. The summed E-state index contributed by atoms with van der Waals surface area (Å²) < 4.78 is 6.41. The predicted molar refractivity (Wildman–Crippen MR) is 50.7 cm³/mol. The van der Waals surface area contributed by atoms with Gasteiger partial charge in [-0.2, -0.15) is 0 Å². The Morgan fingerprint density at radius 1 is 1.62 bits per heavy atom. The fourth-order valence-corrected chi connectivity index (χ4v) is 1.45. The number of pyridine rings is 1. The molecule has 0 aliphatic carbocycles. The van der Waals surface area contributed by atoms with Gasteiger partial charge < -0.3 is 9.30 Å². The van der Waals surface area contributed by atoms with Crippen LogP contribution in [0.4, 0.5) is 0 Å². The Labute approximate surface area is 83.3 Å². The Hall–Kier alpha value is -1.10. The van der Waals surface area contributed by atoms with Gasteiger partial charge in [-0.1, -0.05) is 0 Å². The van der Waals surface area contributed by atoms with Gasteiger partial charge in [0, 0.05) is 23.8 Å². The fourth-order valence-electron chi connectivity index (χ4n) is 0.864. The number of halogens is 1. The summed E-state index contributed by atoms with van der Waals surface area (Å²) in [6.45, 7) is 0. The molecule has 70 valence electrons. The van der Waals surface area contributed by atoms with E-state index in [1.54, 1.807) is 7.05 Å². The van der Waals surface area contributed by atoms with Crippen molar-refractivity contribution in [2.75, 3.05) is 7.11 Å². The lowest BCUT2D eigenvalue weighted by molar-refractivity contribution is 0.0599. The van der Waals surface area contributed by atoms with Crippen molar-refractivity contribution in [1.29, 1.82) is 0 Å². The minimum absolute atomic E-state index is 0.241. The van der Waals surface area contributed by atoms with Gasteiger partial charge in [0.2, 0.25) is 0 Å². The highest BCUT2D eigenvalue weighted by atomic mass is 79.9. The summed E-state index contributed by atoms with van der Waals surface area (Å²) in [6.07, 6.45) is 1.52. The van der Waals surface area contributed by atoms with Crippen LogP contribution in [0.15, 0.2) is 21.5 Å². The molecule has 0 aliphatic rings. The van der Waals surface area contributed by atoms with Crippen molar-refractivity contribution in [3.63, 3.8) is 0 Å². The zero-order chi connectivity index (χ0) is 10.0. The van der Waals surface area contributed by atoms with Crippen LogP contribution in [0.3, 0.4) is 0 Å². The fraction of sp³-hybridized carbons (Fsp3) is 0.250. The standard InChI is InChI=1S/C8H8BrNO3/c1-10-4-6(9)5(3-7(10)11)8(12)13-2/h3-4H,1-2H3. The van der Waals surface area contributed by atoms with Gasteiger partial charge >= 0.3 is 5.97 Å². The number of rotatable bonds is 1. The first-order chi connectivity index (χ1) is 6.06. The second-order valence-corrected chi connectivity index (χ2v) is 3.33. The van der Waals surface area contributed by atoms with Crippen LogP contribution < -0.4 is 5.56 Å². The molecule has 0 atom stereocenters. The van der Waals surface area contributed by atoms with Crippen molar-refractivity contribution in [2.24, 2.45) is 7.05 Å². The number of carbonyl (C=O) groups is 1. The molecule has 4 nitrogen and oxygen atoms in total. The number of hydrogen-bond donors (Lipinski definition) is 0. The number of methoxy groups -OCH3 is 1. The lowest BCUT2D eigenvalue weighted by atomic mass is 10.3. The maximum Gasteiger partial charge on any atom is 0.339 e. The van der Waals surface area contributed by atoms with Crippen LogP contribution in [0.25, 0.3) is 0 Å². The van der Waals surface area contributed by atoms with Crippen LogP contribution in [0, 0.1) is 0 Å². The van der Waals surface area contributed by atoms with E-state index in [1.807, 2.05) is 0 Å². The van der Waals surface area contributed by atoms with E-state index < -0.39 is 5.97 Å². The van der Waals surface area contributed by atoms with Gasteiger partial charge in [0.15, 0.2) is 0 Å². The van der Waals surface area contributed by atoms with Gasteiger partial charge in [-0.3, -0.25) is 4.79 Å². The van der Waals surface area contributed by atoms with E-state index in [4.69, 9.17) is 0 Å². The third-order valence-electron chi connectivity index (χ3n) is 1.59. The number of aryl methyl sites for hydroxylation is 1. The van der Waals surface area contributed by atoms with Crippen LogP contribution in [0.5, 0.6) is 0 Å². The number of nitrogens with zero attached hydrogens (tertiary/aromatic N) is 1. The van der Waals surface area contributed by atoms with Gasteiger partial charge in [-0.15, -0.1) is 0 Å². The van der Waals surface area contributed by atoms with Crippen molar-refractivity contribution < 1.29 is 9.53 Å². The average Bonchev–Trinajstić information content (AvgIpc) is 2.10. The maximum absolute atomic E-state index is 11.1. The van der Waals surface area contributed by atoms with E-state index in [-0.39, 0.29) is 11.1 Å². The van der Waals surface area contributed by atoms with Crippen LogP contribution in [0.1, 0.15) is 10.4 Å². The minimum Gasteiger partial charge on any atom is -0.465 e. The molecule has 0 spiro atoms. The SMILES string of the molecule is COC(=O)c1cc(=O)n(C)cc1Br. The van der Waals surface area contributed by atoms with Gasteiger partial charge in [-0.05, 0) is 15.9 Å². The molecule has 13 heavy (non-hydrogen) atoms. The number of ether oxygens (including phenoxy) is 1. The number of hydrogen-bond acceptors (Lipinski definition) is 3. The number of esters is 1. The highest BCUT2D eigenvalue weighted by Crippen LogP contribution is 2.14. The molecule has 1 heterocycles. The largest absolute Gasteiger partial charge is 0.465 e. The number of carbonyl (C=O) groups excluding carboxylic acids is 1. The molecule has 1 aromatic rings. The third kappa shape index (κ3) is 1.98. The van der Waals surface area contributed by atoms with E-state index >= 15 is 0 Å². The molecule has 0 unspecified atom stereocenters. The van der Waals surface area contributed by atoms with Gasteiger partial charge in [-0.25, -0.2) is 4.79 Å². The summed E-state index contributed by atoms with van der Waals surface area (Å²) in [7, 11) is 2.88. The van der Waals surface area contributed by atoms with E-state index in [1.165, 1.54) is 23.9 Å². The lowest BCUT2D eigenvalue weighted by Crippen LogP contribution is -2.18. The van der Waals surface area contributed by atoms with E-state index in [0.29, 0.717) is 4.47 Å². The highest BCUT2D eigenvalue weighted by Gasteiger charge is 2.11. The molecule has 0 fully saturated rings. The summed E-state index contributed by atoms with van der Waals surface area (Å²) >= 11 is 3.16. The molecule has 0 aliphatic heterocycles.